The Balaban J connectivity index is 2.44. The van der Waals surface area contributed by atoms with Crippen LogP contribution in [-0.4, -0.2) is 23.8 Å². The van der Waals surface area contributed by atoms with Crippen molar-refractivity contribution in [3.8, 4) is 0 Å². The number of likely N-dealkylation sites (tertiary alicyclic amines) is 1. The number of nitrogens with zero attached hydrogens (tertiary/aromatic N) is 1. The highest BCUT2D eigenvalue weighted by atomic mass is 15.2. The van der Waals surface area contributed by atoms with E-state index < -0.39 is 0 Å². The van der Waals surface area contributed by atoms with E-state index in [-0.39, 0.29) is 0 Å². The van der Waals surface area contributed by atoms with Crippen LogP contribution in [0.3, 0.4) is 0 Å². The third-order valence-corrected chi connectivity index (χ3v) is 3.19. The average molecular weight is 182 g/mol. The molecule has 0 aromatic heterocycles. The maximum Gasteiger partial charge on any atom is 0.0925 e. The van der Waals surface area contributed by atoms with Crippen LogP contribution < -0.4 is 0 Å². The Bertz CT molecular complexity index is 183. The van der Waals surface area contributed by atoms with E-state index in [1.807, 2.05) is 6.92 Å². The normalized spacial score (nSPS) is 20.5. The highest BCUT2D eigenvalue weighted by Crippen LogP contribution is 2.34. The van der Waals surface area contributed by atoms with Gasteiger partial charge in [-0.1, -0.05) is 20.8 Å². The predicted octanol–water partition coefficient (Wildman–Crippen LogP) is 2.74. The average Bonchev–Trinajstić information content (AvgIpc) is 2.03. The molecule has 0 aromatic rings. The first-order valence-electron chi connectivity index (χ1n) is 5.21. The summed E-state index contributed by atoms with van der Waals surface area (Å²) in [6.45, 7) is 11.0. The molecule has 1 saturated heterocycles. The second-order valence-corrected chi connectivity index (χ2v) is 5.21. The molecule has 0 unspecified atom stereocenters. The molecule has 1 aliphatic heterocycles. The largest absolute Gasteiger partial charge is 0.361 e. The van der Waals surface area contributed by atoms with Gasteiger partial charge >= 0.3 is 0 Å². The second-order valence-electron chi connectivity index (χ2n) is 5.21. The standard InChI is InChI=1S/C11H22N2/c1-9(12)13-7-5-10(6-8-13)11(2,3)4/h10,12H,5-8H2,1-4H3. The van der Waals surface area contributed by atoms with E-state index in [4.69, 9.17) is 5.41 Å². The lowest BCUT2D eigenvalue weighted by atomic mass is 9.75. The van der Waals surface area contributed by atoms with Crippen LogP contribution in [-0.2, 0) is 0 Å². The van der Waals surface area contributed by atoms with E-state index in [1.54, 1.807) is 0 Å². The van der Waals surface area contributed by atoms with Crippen molar-refractivity contribution in [2.24, 2.45) is 11.3 Å². The molecule has 76 valence electrons. The van der Waals surface area contributed by atoms with Crippen molar-refractivity contribution >= 4 is 5.84 Å². The van der Waals surface area contributed by atoms with Crippen molar-refractivity contribution in [1.29, 1.82) is 5.41 Å². The Morgan fingerprint density at radius 3 is 2.00 bits per heavy atom. The van der Waals surface area contributed by atoms with Gasteiger partial charge in [0.25, 0.3) is 0 Å². The molecule has 1 heterocycles. The number of hydrogen-bond donors (Lipinski definition) is 1. The number of amidine groups is 1. The molecule has 0 bridgehead atoms. The van der Waals surface area contributed by atoms with E-state index in [0.717, 1.165) is 24.8 Å². The van der Waals surface area contributed by atoms with Crippen LogP contribution in [0.2, 0.25) is 0 Å². The molecule has 0 saturated carbocycles. The molecule has 2 nitrogen and oxygen atoms in total. The van der Waals surface area contributed by atoms with Gasteiger partial charge in [0.15, 0.2) is 0 Å². The van der Waals surface area contributed by atoms with Crippen LogP contribution in [0.25, 0.3) is 0 Å². The topological polar surface area (TPSA) is 27.1 Å². The summed E-state index contributed by atoms with van der Waals surface area (Å²) < 4.78 is 0. The molecule has 1 fully saturated rings. The van der Waals surface area contributed by atoms with Crippen LogP contribution in [0, 0.1) is 16.7 Å². The Labute approximate surface area is 81.8 Å². The summed E-state index contributed by atoms with van der Waals surface area (Å²) >= 11 is 0. The molecule has 1 aliphatic rings. The summed E-state index contributed by atoms with van der Waals surface area (Å²) in [5.41, 5.74) is 0.446. The second kappa shape index (κ2) is 3.69. The van der Waals surface area contributed by atoms with Crippen molar-refractivity contribution in [3.63, 3.8) is 0 Å². The zero-order valence-corrected chi connectivity index (χ0v) is 9.35. The number of nitrogens with one attached hydrogen (secondary N) is 1. The minimum atomic E-state index is 0.446. The smallest absolute Gasteiger partial charge is 0.0925 e. The lowest BCUT2D eigenvalue weighted by molar-refractivity contribution is 0.148. The minimum absolute atomic E-state index is 0.446. The Morgan fingerprint density at radius 1 is 1.23 bits per heavy atom. The van der Waals surface area contributed by atoms with Crippen LogP contribution in [0.4, 0.5) is 0 Å². The van der Waals surface area contributed by atoms with E-state index in [0.29, 0.717) is 5.41 Å². The zero-order chi connectivity index (χ0) is 10.1. The fourth-order valence-electron chi connectivity index (χ4n) is 2.08. The SMILES string of the molecule is CC(=N)N1CCC(C(C)(C)C)CC1. The fraction of sp³-hybridized carbons (Fsp3) is 0.909. The van der Waals surface area contributed by atoms with Crippen molar-refractivity contribution in [2.75, 3.05) is 13.1 Å². The van der Waals surface area contributed by atoms with Crippen LogP contribution in [0.1, 0.15) is 40.5 Å². The van der Waals surface area contributed by atoms with E-state index in [1.165, 1.54) is 12.8 Å². The summed E-state index contributed by atoms with van der Waals surface area (Å²) in [4.78, 5) is 2.18. The van der Waals surface area contributed by atoms with E-state index >= 15 is 0 Å². The molecule has 1 N–H and O–H groups in total. The molecule has 1 rings (SSSR count). The lowest BCUT2D eigenvalue weighted by Crippen LogP contribution is -2.40. The highest BCUT2D eigenvalue weighted by molar-refractivity contribution is 5.76. The number of hydrogen-bond acceptors (Lipinski definition) is 1. The van der Waals surface area contributed by atoms with Gasteiger partial charge in [0.2, 0.25) is 0 Å². The Hall–Kier alpha value is -0.530. The van der Waals surface area contributed by atoms with Gasteiger partial charge in [-0.15, -0.1) is 0 Å². The summed E-state index contributed by atoms with van der Waals surface area (Å²) in [5.74, 6) is 1.57. The molecule has 0 aliphatic carbocycles. The maximum atomic E-state index is 7.54. The molecule has 0 atom stereocenters. The molecular weight excluding hydrogens is 160 g/mol. The van der Waals surface area contributed by atoms with Crippen LogP contribution in [0.5, 0.6) is 0 Å². The van der Waals surface area contributed by atoms with Crippen molar-refractivity contribution in [2.45, 2.75) is 40.5 Å². The molecule has 0 amide bonds. The minimum Gasteiger partial charge on any atom is -0.361 e. The summed E-state index contributed by atoms with van der Waals surface area (Å²) in [6, 6.07) is 0. The van der Waals surface area contributed by atoms with Gasteiger partial charge in [-0.3, -0.25) is 5.41 Å². The number of rotatable bonds is 0. The zero-order valence-electron chi connectivity index (χ0n) is 9.35. The first-order valence-corrected chi connectivity index (χ1v) is 5.21. The summed E-state index contributed by atoms with van der Waals surface area (Å²) in [6.07, 6.45) is 2.50. The quantitative estimate of drug-likeness (QED) is 0.452. The maximum absolute atomic E-state index is 7.54. The van der Waals surface area contributed by atoms with Crippen LogP contribution >= 0.6 is 0 Å². The van der Waals surface area contributed by atoms with Gasteiger partial charge in [0.1, 0.15) is 0 Å². The summed E-state index contributed by atoms with van der Waals surface area (Å²) in [7, 11) is 0. The predicted molar refractivity (Wildman–Crippen MR) is 57.2 cm³/mol. The van der Waals surface area contributed by atoms with Crippen molar-refractivity contribution in [3.05, 3.63) is 0 Å². The molecule has 0 aromatic carbocycles. The lowest BCUT2D eigenvalue weighted by Gasteiger charge is -2.39. The first-order chi connectivity index (χ1) is 5.91. The third kappa shape index (κ3) is 2.71. The monoisotopic (exact) mass is 182 g/mol. The van der Waals surface area contributed by atoms with Crippen molar-refractivity contribution in [1.82, 2.24) is 4.90 Å². The Morgan fingerprint density at radius 2 is 1.69 bits per heavy atom. The van der Waals surface area contributed by atoms with Gasteiger partial charge < -0.3 is 4.90 Å². The first kappa shape index (κ1) is 10.6. The molecule has 0 spiro atoms. The van der Waals surface area contributed by atoms with Gasteiger partial charge in [-0.05, 0) is 31.1 Å². The molecular formula is C11H22N2. The van der Waals surface area contributed by atoms with Gasteiger partial charge in [0.05, 0.1) is 5.84 Å². The summed E-state index contributed by atoms with van der Waals surface area (Å²) in [5, 5.41) is 7.54. The Kier molecular flexibility index (Phi) is 2.99. The van der Waals surface area contributed by atoms with Crippen LogP contribution in [0.15, 0.2) is 0 Å². The van der Waals surface area contributed by atoms with E-state index in [2.05, 4.69) is 25.7 Å². The highest BCUT2D eigenvalue weighted by Gasteiger charge is 2.28. The van der Waals surface area contributed by atoms with E-state index in [9.17, 15) is 0 Å². The molecule has 13 heavy (non-hydrogen) atoms. The molecule has 2 heteroatoms. The number of piperidine rings is 1. The third-order valence-electron chi connectivity index (χ3n) is 3.19. The van der Waals surface area contributed by atoms with Gasteiger partial charge in [-0.25, -0.2) is 0 Å². The van der Waals surface area contributed by atoms with Crippen molar-refractivity contribution < 1.29 is 0 Å². The fourth-order valence-corrected chi connectivity index (χ4v) is 2.08. The van der Waals surface area contributed by atoms with Gasteiger partial charge in [0, 0.05) is 13.1 Å². The molecule has 0 radical (unpaired) electrons. The van der Waals surface area contributed by atoms with Gasteiger partial charge in [-0.2, -0.15) is 0 Å².